The summed E-state index contributed by atoms with van der Waals surface area (Å²) in [6.45, 7) is 0.516. The van der Waals surface area contributed by atoms with Gasteiger partial charge in [-0.25, -0.2) is 4.68 Å². The van der Waals surface area contributed by atoms with Crippen LogP contribution in [0.4, 0.5) is 5.69 Å². The Hall–Kier alpha value is -3.16. The van der Waals surface area contributed by atoms with Gasteiger partial charge in [0.1, 0.15) is 5.69 Å². The Morgan fingerprint density at radius 1 is 1.12 bits per heavy atom. The summed E-state index contributed by atoms with van der Waals surface area (Å²) in [6, 6.07) is 19.1. The molecule has 0 saturated heterocycles. The SMILES string of the molecule is NCC1(c2cccc(Cl)c2)CCC(n2nc(-c3ccccc3)cc(NNC=O)c2=O)CC1. The van der Waals surface area contributed by atoms with Gasteiger partial charge in [0.15, 0.2) is 0 Å². The van der Waals surface area contributed by atoms with E-state index in [-0.39, 0.29) is 22.7 Å². The van der Waals surface area contributed by atoms with Gasteiger partial charge in [-0.15, -0.1) is 0 Å². The van der Waals surface area contributed by atoms with Crippen molar-refractivity contribution in [2.75, 3.05) is 12.0 Å². The van der Waals surface area contributed by atoms with Gasteiger partial charge in [0.25, 0.3) is 5.56 Å². The summed E-state index contributed by atoms with van der Waals surface area (Å²) >= 11 is 6.23. The van der Waals surface area contributed by atoms with Crippen molar-refractivity contribution < 1.29 is 4.79 Å². The molecule has 0 unspecified atom stereocenters. The molecule has 1 fully saturated rings. The van der Waals surface area contributed by atoms with Crippen LogP contribution in [0.3, 0.4) is 0 Å². The van der Waals surface area contributed by atoms with E-state index in [1.165, 1.54) is 0 Å². The van der Waals surface area contributed by atoms with E-state index in [2.05, 4.69) is 16.9 Å². The number of rotatable bonds is 7. The Morgan fingerprint density at radius 3 is 2.53 bits per heavy atom. The normalized spacial score (nSPS) is 20.5. The summed E-state index contributed by atoms with van der Waals surface area (Å²) in [7, 11) is 0. The number of nitrogens with one attached hydrogen (secondary N) is 2. The molecule has 0 radical (unpaired) electrons. The number of carbonyl (C=O) groups is 1. The molecule has 0 spiro atoms. The van der Waals surface area contributed by atoms with E-state index in [4.69, 9.17) is 22.4 Å². The van der Waals surface area contributed by atoms with E-state index in [0.29, 0.717) is 23.7 Å². The van der Waals surface area contributed by atoms with Gasteiger partial charge in [-0.2, -0.15) is 5.10 Å². The Labute approximate surface area is 191 Å². The van der Waals surface area contributed by atoms with Crippen LogP contribution in [-0.2, 0) is 10.2 Å². The summed E-state index contributed by atoms with van der Waals surface area (Å²) in [5, 5.41) is 5.39. The molecule has 4 rings (SSSR count). The van der Waals surface area contributed by atoms with E-state index < -0.39 is 0 Å². The van der Waals surface area contributed by atoms with Crippen molar-refractivity contribution >= 4 is 23.7 Å². The van der Waals surface area contributed by atoms with Gasteiger partial charge in [-0.05, 0) is 49.4 Å². The monoisotopic (exact) mass is 451 g/mol. The second-order valence-electron chi connectivity index (χ2n) is 8.17. The highest BCUT2D eigenvalue weighted by molar-refractivity contribution is 6.30. The van der Waals surface area contributed by atoms with Crippen LogP contribution in [0.25, 0.3) is 11.3 Å². The minimum atomic E-state index is -0.271. The number of carbonyl (C=O) groups excluding carboxylic acids is 1. The van der Waals surface area contributed by atoms with Crippen molar-refractivity contribution in [3.8, 4) is 11.3 Å². The Balaban J connectivity index is 1.66. The summed E-state index contributed by atoms with van der Waals surface area (Å²) in [6.07, 6.45) is 3.67. The van der Waals surface area contributed by atoms with Gasteiger partial charge < -0.3 is 5.73 Å². The van der Waals surface area contributed by atoms with Gasteiger partial charge in [0.05, 0.1) is 11.7 Å². The van der Waals surface area contributed by atoms with Gasteiger partial charge in [-0.1, -0.05) is 54.1 Å². The molecule has 1 aliphatic rings. The topological polar surface area (TPSA) is 102 Å². The molecular weight excluding hydrogens is 426 g/mol. The highest BCUT2D eigenvalue weighted by atomic mass is 35.5. The van der Waals surface area contributed by atoms with E-state index in [1.54, 1.807) is 10.7 Å². The standard InChI is InChI=1S/C24H26ClN5O2/c25-19-8-4-7-18(13-19)24(15-26)11-9-20(10-12-24)30-23(32)22(28-27-16-31)14-21(29-30)17-5-2-1-3-6-17/h1-8,13-14,16,20,28H,9-12,15,26H2,(H,27,31). The lowest BCUT2D eigenvalue weighted by Gasteiger charge is -2.40. The predicted molar refractivity (Wildman–Crippen MR) is 126 cm³/mol. The fraction of sp³-hybridized carbons (Fsp3) is 0.292. The number of amides is 1. The number of halogens is 1. The van der Waals surface area contributed by atoms with Crippen molar-refractivity contribution in [1.29, 1.82) is 0 Å². The lowest BCUT2D eigenvalue weighted by Crippen LogP contribution is -2.41. The average Bonchev–Trinajstić information content (AvgIpc) is 2.84. The average molecular weight is 452 g/mol. The zero-order valence-corrected chi connectivity index (χ0v) is 18.4. The van der Waals surface area contributed by atoms with Crippen molar-refractivity contribution in [2.24, 2.45) is 5.73 Å². The summed E-state index contributed by atoms with van der Waals surface area (Å²) < 4.78 is 1.55. The molecule has 8 heteroatoms. The van der Waals surface area contributed by atoms with Crippen LogP contribution in [0.15, 0.2) is 65.5 Å². The molecule has 1 saturated carbocycles. The summed E-state index contributed by atoms with van der Waals surface area (Å²) in [5.74, 6) is 0. The van der Waals surface area contributed by atoms with E-state index in [0.717, 1.165) is 36.8 Å². The molecule has 0 bridgehead atoms. The Bertz CT molecular complexity index is 1140. The molecule has 1 heterocycles. The second-order valence-corrected chi connectivity index (χ2v) is 8.61. The fourth-order valence-corrected chi connectivity index (χ4v) is 4.73. The Morgan fingerprint density at radius 2 is 1.88 bits per heavy atom. The van der Waals surface area contributed by atoms with Crippen molar-refractivity contribution in [2.45, 2.75) is 37.1 Å². The van der Waals surface area contributed by atoms with Gasteiger partial charge in [-0.3, -0.25) is 20.4 Å². The maximum atomic E-state index is 13.1. The first-order valence-corrected chi connectivity index (χ1v) is 11.0. The third-order valence-corrected chi connectivity index (χ3v) is 6.59. The zero-order chi connectivity index (χ0) is 22.6. The zero-order valence-electron chi connectivity index (χ0n) is 17.6. The van der Waals surface area contributed by atoms with Crippen LogP contribution in [-0.4, -0.2) is 22.7 Å². The molecule has 3 aromatic rings. The lowest BCUT2D eigenvalue weighted by atomic mass is 9.68. The smallest absolute Gasteiger partial charge is 0.292 e. The molecule has 166 valence electrons. The van der Waals surface area contributed by atoms with Crippen LogP contribution < -0.4 is 22.1 Å². The van der Waals surface area contributed by atoms with Crippen LogP contribution in [0.2, 0.25) is 5.02 Å². The number of hydrazine groups is 1. The number of aromatic nitrogens is 2. The first-order chi connectivity index (χ1) is 15.6. The lowest BCUT2D eigenvalue weighted by molar-refractivity contribution is -0.109. The molecule has 0 atom stereocenters. The molecule has 1 aromatic heterocycles. The third kappa shape index (κ3) is 4.40. The number of hydrogen-bond donors (Lipinski definition) is 3. The van der Waals surface area contributed by atoms with Crippen LogP contribution in [0.5, 0.6) is 0 Å². The first-order valence-electron chi connectivity index (χ1n) is 10.7. The van der Waals surface area contributed by atoms with Gasteiger partial charge in [0, 0.05) is 22.5 Å². The maximum absolute atomic E-state index is 13.1. The third-order valence-electron chi connectivity index (χ3n) is 6.36. The van der Waals surface area contributed by atoms with Crippen molar-refractivity contribution in [3.05, 3.63) is 81.6 Å². The van der Waals surface area contributed by atoms with Crippen molar-refractivity contribution in [3.63, 3.8) is 0 Å². The first kappa shape index (κ1) is 22.0. The maximum Gasteiger partial charge on any atom is 0.292 e. The van der Waals surface area contributed by atoms with Crippen LogP contribution in [0, 0.1) is 0 Å². The number of hydrogen-bond acceptors (Lipinski definition) is 5. The van der Waals surface area contributed by atoms with E-state index in [1.807, 2.05) is 48.5 Å². The molecule has 32 heavy (non-hydrogen) atoms. The molecule has 0 aliphatic heterocycles. The number of anilines is 1. The van der Waals surface area contributed by atoms with Crippen molar-refractivity contribution in [1.82, 2.24) is 15.2 Å². The number of nitrogens with zero attached hydrogens (tertiary/aromatic N) is 2. The number of benzene rings is 2. The quantitative estimate of drug-likeness (QED) is 0.376. The minimum Gasteiger partial charge on any atom is -0.330 e. The van der Waals surface area contributed by atoms with Crippen LogP contribution in [0.1, 0.15) is 37.3 Å². The van der Waals surface area contributed by atoms with Gasteiger partial charge in [0.2, 0.25) is 6.41 Å². The predicted octanol–water partition coefficient (Wildman–Crippen LogP) is 3.65. The minimum absolute atomic E-state index is 0.0678. The molecule has 1 aliphatic carbocycles. The Kier molecular flexibility index (Phi) is 6.58. The molecule has 7 nitrogen and oxygen atoms in total. The summed E-state index contributed by atoms with van der Waals surface area (Å²) in [5.41, 5.74) is 13.8. The van der Waals surface area contributed by atoms with E-state index >= 15 is 0 Å². The molecular formula is C24H26ClN5O2. The second kappa shape index (κ2) is 9.54. The van der Waals surface area contributed by atoms with Gasteiger partial charge >= 0.3 is 0 Å². The number of nitrogens with two attached hydrogens (primary N) is 1. The highest BCUT2D eigenvalue weighted by Gasteiger charge is 2.37. The fourth-order valence-electron chi connectivity index (χ4n) is 4.54. The largest absolute Gasteiger partial charge is 0.330 e. The molecule has 4 N–H and O–H groups in total. The molecule has 2 aromatic carbocycles. The molecule has 1 amide bonds. The van der Waals surface area contributed by atoms with Crippen LogP contribution >= 0.6 is 11.6 Å². The highest BCUT2D eigenvalue weighted by Crippen LogP contribution is 2.42. The summed E-state index contributed by atoms with van der Waals surface area (Å²) in [4.78, 5) is 23.9. The van der Waals surface area contributed by atoms with E-state index in [9.17, 15) is 9.59 Å².